The SMILES string of the molecule is CC(C)C(CCN)c1ccc(Cl)c(O)c1. The zero-order valence-corrected chi connectivity index (χ0v) is 9.96. The van der Waals surface area contributed by atoms with Crippen LogP contribution in [0.15, 0.2) is 18.2 Å². The van der Waals surface area contributed by atoms with E-state index in [2.05, 4.69) is 13.8 Å². The highest BCUT2D eigenvalue weighted by Gasteiger charge is 2.15. The number of hydrogen-bond donors (Lipinski definition) is 2. The third-order valence-electron chi connectivity index (χ3n) is 2.68. The molecule has 84 valence electrons. The van der Waals surface area contributed by atoms with Gasteiger partial charge in [-0.1, -0.05) is 31.5 Å². The van der Waals surface area contributed by atoms with Gasteiger partial charge in [-0.25, -0.2) is 0 Å². The maximum atomic E-state index is 9.54. The fraction of sp³-hybridized carbons (Fsp3) is 0.500. The van der Waals surface area contributed by atoms with Crippen LogP contribution >= 0.6 is 11.6 Å². The third kappa shape index (κ3) is 3.11. The predicted octanol–water partition coefficient (Wildman–Crippen LogP) is 3.13. The lowest BCUT2D eigenvalue weighted by Gasteiger charge is -2.20. The molecule has 3 heteroatoms. The van der Waals surface area contributed by atoms with Crippen molar-refractivity contribution in [2.24, 2.45) is 11.7 Å². The molecule has 0 amide bonds. The smallest absolute Gasteiger partial charge is 0.134 e. The van der Waals surface area contributed by atoms with Gasteiger partial charge in [-0.15, -0.1) is 0 Å². The predicted molar refractivity (Wildman–Crippen MR) is 64.4 cm³/mol. The van der Waals surface area contributed by atoms with Gasteiger partial charge in [-0.3, -0.25) is 0 Å². The number of halogens is 1. The lowest BCUT2D eigenvalue weighted by atomic mass is 9.86. The molecule has 0 heterocycles. The second-order valence-electron chi connectivity index (χ2n) is 4.14. The van der Waals surface area contributed by atoms with Crippen molar-refractivity contribution in [3.05, 3.63) is 28.8 Å². The summed E-state index contributed by atoms with van der Waals surface area (Å²) in [6, 6.07) is 5.43. The lowest BCUT2D eigenvalue weighted by molar-refractivity contribution is 0.457. The molecule has 2 nitrogen and oxygen atoms in total. The molecule has 0 aliphatic carbocycles. The fourth-order valence-corrected chi connectivity index (χ4v) is 1.94. The molecule has 1 unspecified atom stereocenters. The first-order chi connectivity index (χ1) is 7.06. The molecule has 0 bridgehead atoms. The summed E-state index contributed by atoms with van der Waals surface area (Å²) in [6.07, 6.45) is 0.929. The summed E-state index contributed by atoms with van der Waals surface area (Å²) in [5.74, 6) is 1.05. The Hall–Kier alpha value is -0.730. The number of phenolic OH excluding ortho intramolecular Hbond substituents is 1. The molecular formula is C12H18ClNO. The van der Waals surface area contributed by atoms with Crippen LogP contribution in [0.25, 0.3) is 0 Å². The summed E-state index contributed by atoms with van der Waals surface area (Å²) in [6.45, 7) is 4.98. The number of nitrogens with two attached hydrogens (primary N) is 1. The van der Waals surface area contributed by atoms with Gasteiger partial charge in [0.05, 0.1) is 5.02 Å². The van der Waals surface area contributed by atoms with Gasteiger partial charge < -0.3 is 10.8 Å². The van der Waals surface area contributed by atoms with E-state index < -0.39 is 0 Å². The minimum absolute atomic E-state index is 0.150. The van der Waals surface area contributed by atoms with Gasteiger partial charge >= 0.3 is 0 Å². The Morgan fingerprint density at radius 2 is 2.07 bits per heavy atom. The van der Waals surface area contributed by atoms with E-state index in [0.717, 1.165) is 12.0 Å². The van der Waals surface area contributed by atoms with Crippen molar-refractivity contribution in [1.29, 1.82) is 0 Å². The van der Waals surface area contributed by atoms with Crippen LogP contribution < -0.4 is 5.73 Å². The van der Waals surface area contributed by atoms with Crippen LogP contribution in [0.3, 0.4) is 0 Å². The zero-order chi connectivity index (χ0) is 11.4. The van der Waals surface area contributed by atoms with Gasteiger partial charge in [0.2, 0.25) is 0 Å². The van der Waals surface area contributed by atoms with Crippen molar-refractivity contribution in [1.82, 2.24) is 0 Å². The van der Waals surface area contributed by atoms with Gasteiger partial charge in [0, 0.05) is 0 Å². The minimum Gasteiger partial charge on any atom is -0.506 e. The molecule has 0 radical (unpaired) electrons. The molecule has 1 rings (SSSR count). The molecule has 0 aromatic heterocycles. The Balaban J connectivity index is 2.95. The van der Waals surface area contributed by atoms with Crippen molar-refractivity contribution in [2.45, 2.75) is 26.2 Å². The van der Waals surface area contributed by atoms with Gasteiger partial charge in [0.1, 0.15) is 5.75 Å². The van der Waals surface area contributed by atoms with Crippen LogP contribution in [-0.2, 0) is 0 Å². The molecule has 1 aromatic rings. The van der Waals surface area contributed by atoms with Crippen LogP contribution in [0.2, 0.25) is 5.02 Å². The molecule has 0 fully saturated rings. The van der Waals surface area contributed by atoms with E-state index in [1.54, 1.807) is 12.1 Å². The molecule has 0 aliphatic rings. The molecule has 3 N–H and O–H groups in total. The Labute approximate surface area is 96.1 Å². The Morgan fingerprint density at radius 1 is 1.40 bits per heavy atom. The summed E-state index contributed by atoms with van der Waals surface area (Å²) in [5, 5.41) is 9.93. The normalized spacial score (nSPS) is 13.1. The molecule has 0 spiro atoms. The van der Waals surface area contributed by atoms with Crippen molar-refractivity contribution < 1.29 is 5.11 Å². The van der Waals surface area contributed by atoms with Crippen LogP contribution in [0.4, 0.5) is 0 Å². The van der Waals surface area contributed by atoms with Gasteiger partial charge in [-0.05, 0) is 42.5 Å². The number of benzene rings is 1. The maximum absolute atomic E-state index is 9.54. The average Bonchev–Trinajstić information content (AvgIpc) is 2.18. The molecule has 0 aliphatic heterocycles. The number of hydrogen-bond acceptors (Lipinski definition) is 2. The highest BCUT2D eigenvalue weighted by molar-refractivity contribution is 6.32. The fourth-order valence-electron chi connectivity index (χ4n) is 1.82. The summed E-state index contributed by atoms with van der Waals surface area (Å²) in [7, 11) is 0. The highest BCUT2D eigenvalue weighted by atomic mass is 35.5. The van der Waals surface area contributed by atoms with Crippen molar-refractivity contribution in [3.8, 4) is 5.75 Å². The first-order valence-corrected chi connectivity index (χ1v) is 5.62. The number of rotatable bonds is 4. The Morgan fingerprint density at radius 3 is 2.53 bits per heavy atom. The summed E-state index contributed by atoms with van der Waals surface area (Å²) in [5.41, 5.74) is 6.69. The van der Waals surface area contributed by atoms with Gasteiger partial charge in [-0.2, -0.15) is 0 Å². The van der Waals surface area contributed by atoms with E-state index in [1.807, 2.05) is 6.07 Å². The lowest BCUT2D eigenvalue weighted by Crippen LogP contribution is -2.12. The maximum Gasteiger partial charge on any atom is 0.134 e. The molecule has 15 heavy (non-hydrogen) atoms. The monoisotopic (exact) mass is 227 g/mol. The summed E-state index contributed by atoms with van der Waals surface area (Å²) < 4.78 is 0. The Kier molecular flexibility index (Phi) is 4.43. The van der Waals surface area contributed by atoms with Crippen molar-refractivity contribution in [3.63, 3.8) is 0 Å². The topological polar surface area (TPSA) is 46.2 Å². The molecule has 0 saturated heterocycles. The van der Waals surface area contributed by atoms with E-state index in [1.165, 1.54) is 0 Å². The summed E-state index contributed by atoms with van der Waals surface area (Å²) >= 11 is 5.77. The Bertz CT molecular complexity index is 325. The molecule has 0 saturated carbocycles. The van der Waals surface area contributed by atoms with Crippen molar-refractivity contribution in [2.75, 3.05) is 6.54 Å². The summed E-state index contributed by atoms with van der Waals surface area (Å²) in [4.78, 5) is 0. The van der Waals surface area contributed by atoms with Gasteiger partial charge in [0.15, 0.2) is 0 Å². The largest absolute Gasteiger partial charge is 0.506 e. The second-order valence-corrected chi connectivity index (χ2v) is 4.55. The van der Waals surface area contributed by atoms with E-state index >= 15 is 0 Å². The van der Waals surface area contributed by atoms with Gasteiger partial charge in [0.25, 0.3) is 0 Å². The first kappa shape index (κ1) is 12.3. The number of phenols is 1. The van der Waals surface area contributed by atoms with E-state index in [-0.39, 0.29) is 5.75 Å². The van der Waals surface area contributed by atoms with Crippen LogP contribution in [0, 0.1) is 5.92 Å². The molecule has 1 aromatic carbocycles. The quantitative estimate of drug-likeness (QED) is 0.830. The molecular weight excluding hydrogens is 210 g/mol. The second kappa shape index (κ2) is 5.38. The first-order valence-electron chi connectivity index (χ1n) is 5.24. The van der Waals surface area contributed by atoms with E-state index in [4.69, 9.17) is 17.3 Å². The standard InChI is InChI=1S/C12H18ClNO/c1-8(2)10(5-6-14)9-3-4-11(13)12(15)7-9/h3-4,7-8,10,15H,5-6,14H2,1-2H3. The van der Waals surface area contributed by atoms with Crippen molar-refractivity contribution >= 4 is 11.6 Å². The minimum atomic E-state index is 0.150. The van der Waals surface area contributed by atoms with Crippen LogP contribution in [-0.4, -0.2) is 11.7 Å². The highest BCUT2D eigenvalue weighted by Crippen LogP contribution is 2.32. The third-order valence-corrected chi connectivity index (χ3v) is 3.00. The molecule has 1 atom stereocenters. The van der Waals surface area contributed by atoms with Crippen LogP contribution in [0.1, 0.15) is 31.7 Å². The van der Waals surface area contributed by atoms with E-state index in [0.29, 0.717) is 23.4 Å². The average molecular weight is 228 g/mol. The van der Waals surface area contributed by atoms with E-state index in [9.17, 15) is 5.11 Å². The zero-order valence-electron chi connectivity index (χ0n) is 9.20. The number of aromatic hydroxyl groups is 1. The van der Waals surface area contributed by atoms with Crippen LogP contribution in [0.5, 0.6) is 5.75 Å².